The Morgan fingerprint density at radius 2 is 1.90 bits per heavy atom. The molecule has 2 saturated carbocycles. The van der Waals surface area contributed by atoms with Gasteiger partial charge in [-0.2, -0.15) is 0 Å². The summed E-state index contributed by atoms with van der Waals surface area (Å²) in [6.07, 6.45) is 5.69. The van der Waals surface area contributed by atoms with Gasteiger partial charge in [-0.25, -0.2) is 4.79 Å². The minimum atomic E-state index is -0.894. The number of cyclic esters (lactones) is 1. The predicted octanol–water partition coefficient (Wildman–Crippen LogP) is 5.67. The average molecular weight is 553 g/mol. The molecule has 0 aromatic carbocycles. The fraction of sp³-hybridized carbons (Fsp3) is 0.625. The van der Waals surface area contributed by atoms with Crippen LogP contribution in [-0.2, 0) is 33.4 Å². The summed E-state index contributed by atoms with van der Waals surface area (Å²) < 4.78 is 22.5. The molecule has 2 heterocycles. The maximum absolute atomic E-state index is 14.5. The average Bonchev–Trinajstić information content (AvgIpc) is 3.45. The number of carbonyl (C=O) groups excluding carboxylic acids is 4. The normalized spacial score (nSPS) is 36.8. The third-order valence-electron chi connectivity index (χ3n) is 10.8. The molecule has 0 spiro atoms. The summed E-state index contributed by atoms with van der Waals surface area (Å²) in [5, 5.41) is 0. The molecule has 7 unspecified atom stereocenters. The predicted molar refractivity (Wildman–Crippen MR) is 144 cm³/mol. The highest BCUT2D eigenvalue weighted by molar-refractivity contribution is 5.93. The molecular formula is C32H40O8. The van der Waals surface area contributed by atoms with E-state index < -0.39 is 52.2 Å². The first-order chi connectivity index (χ1) is 18.8. The van der Waals surface area contributed by atoms with E-state index in [9.17, 15) is 19.2 Å². The van der Waals surface area contributed by atoms with Crippen molar-refractivity contribution >= 4 is 23.7 Å². The Morgan fingerprint density at radius 1 is 1.18 bits per heavy atom. The largest absolute Gasteiger partial charge is 0.472 e. The van der Waals surface area contributed by atoms with Crippen molar-refractivity contribution in [2.75, 3.05) is 7.11 Å². The number of methoxy groups -OCH3 is 1. The van der Waals surface area contributed by atoms with E-state index in [2.05, 4.69) is 6.92 Å². The zero-order chi connectivity index (χ0) is 29.2. The van der Waals surface area contributed by atoms with Crippen molar-refractivity contribution in [1.29, 1.82) is 0 Å². The van der Waals surface area contributed by atoms with Gasteiger partial charge < -0.3 is 18.6 Å². The number of furan rings is 1. The molecule has 5 rings (SSSR count). The van der Waals surface area contributed by atoms with Crippen molar-refractivity contribution in [1.82, 2.24) is 0 Å². The number of fused-ring (bicyclic) bond motifs is 5. The van der Waals surface area contributed by atoms with Crippen LogP contribution < -0.4 is 0 Å². The summed E-state index contributed by atoms with van der Waals surface area (Å²) in [6, 6.07) is 1.83. The molecule has 3 aliphatic carbocycles. The van der Waals surface area contributed by atoms with Gasteiger partial charge >= 0.3 is 17.9 Å². The monoisotopic (exact) mass is 552 g/mol. The van der Waals surface area contributed by atoms with E-state index in [-0.39, 0.29) is 30.5 Å². The quantitative estimate of drug-likeness (QED) is 0.199. The summed E-state index contributed by atoms with van der Waals surface area (Å²) in [4.78, 5) is 53.3. The van der Waals surface area contributed by atoms with E-state index in [1.165, 1.54) is 7.11 Å². The molecule has 4 aliphatic rings. The van der Waals surface area contributed by atoms with Crippen LogP contribution in [-0.4, -0.2) is 36.9 Å². The molecule has 3 fully saturated rings. The first-order valence-corrected chi connectivity index (χ1v) is 14.2. The molecule has 0 amide bonds. The van der Waals surface area contributed by atoms with Crippen LogP contribution in [0.25, 0.3) is 0 Å². The number of allylic oxidation sites excluding steroid dienone is 2. The Labute approximate surface area is 235 Å². The number of ketones is 1. The minimum absolute atomic E-state index is 0.0272. The number of ether oxygens (including phenoxy) is 3. The van der Waals surface area contributed by atoms with Gasteiger partial charge in [-0.05, 0) is 56.6 Å². The number of Topliss-reactive ketones (excluding diaryl/α,β-unsaturated/α-hetero) is 1. The number of rotatable bonds is 5. The van der Waals surface area contributed by atoms with Crippen LogP contribution in [0.5, 0.6) is 0 Å². The maximum Gasteiger partial charge on any atom is 0.333 e. The van der Waals surface area contributed by atoms with E-state index in [0.29, 0.717) is 18.4 Å². The molecular weight excluding hydrogens is 512 g/mol. The fourth-order valence-corrected chi connectivity index (χ4v) is 8.52. The van der Waals surface area contributed by atoms with Crippen molar-refractivity contribution < 1.29 is 37.8 Å². The summed E-state index contributed by atoms with van der Waals surface area (Å²) in [7, 11) is 1.35. The fourth-order valence-electron chi connectivity index (χ4n) is 8.52. The zero-order valence-corrected chi connectivity index (χ0v) is 24.5. The van der Waals surface area contributed by atoms with Gasteiger partial charge in [-0.15, -0.1) is 0 Å². The Hall–Kier alpha value is -3.16. The SMILES string of the molecule is CC=C(C)C(=O)OC1C2CC3=C4CC(=O)OC(c5ccoc5)C4(C)CCC3C(C)(C2=O)C(CC(=O)OC)C1(C)C. The minimum Gasteiger partial charge on any atom is -0.472 e. The molecule has 8 heteroatoms. The van der Waals surface area contributed by atoms with Gasteiger partial charge in [-0.1, -0.05) is 39.3 Å². The molecule has 40 heavy (non-hydrogen) atoms. The van der Waals surface area contributed by atoms with Gasteiger partial charge in [0, 0.05) is 33.8 Å². The van der Waals surface area contributed by atoms with Crippen LogP contribution in [0.4, 0.5) is 0 Å². The van der Waals surface area contributed by atoms with Crippen LogP contribution in [0.15, 0.2) is 45.8 Å². The lowest BCUT2D eigenvalue weighted by atomic mass is 9.40. The first-order valence-electron chi connectivity index (χ1n) is 14.2. The molecule has 1 aromatic heterocycles. The third-order valence-corrected chi connectivity index (χ3v) is 10.8. The molecule has 1 saturated heterocycles. The molecule has 1 aliphatic heterocycles. The van der Waals surface area contributed by atoms with Crippen molar-refractivity contribution in [3.8, 4) is 0 Å². The summed E-state index contributed by atoms with van der Waals surface area (Å²) >= 11 is 0. The molecule has 7 atom stereocenters. The lowest BCUT2D eigenvalue weighted by Crippen LogP contribution is -2.66. The second kappa shape index (κ2) is 9.74. The molecule has 1 aromatic rings. The molecule has 8 nitrogen and oxygen atoms in total. The Kier molecular flexibility index (Phi) is 6.91. The van der Waals surface area contributed by atoms with Gasteiger partial charge in [-0.3, -0.25) is 14.4 Å². The summed E-state index contributed by atoms with van der Waals surface area (Å²) in [6.45, 7) is 11.6. The van der Waals surface area contributed by atoms with Gasteiger partial charge in [0.25, 0.3) is 0 Å². The van der Waals surface area contributed by atoms with E-state index in [4.69, 9.17) is 18.6 Å². The van der Waals surface area contributed by atoms with Gasteiger partial charge in [0.2, 0.25) is 0 Å². The topological polar surface area (TPSA) is 109 Å². The highest BCUT2D eigenvalue weighted by atomic mass is 16.6. The van der Waals surface area contributed by atoms with Crippen LogP contribution in [0, 0.1) is 34.0 Å². The Bertz CT molecular complexity index is 1300. The smallest absolute Gasteiger partial charge is 0.333 e. The Balaban J connectivity index is 1.68. The standard InChI is InChI=1S/C32H40O8/c1-8-17(2)29(36)40-28-20-13-19-21(32(6,26(20)35)23(30(28,3)4)15-24(33)37-7)9-11-31(5)22(19)14-25(34)39-27(31)18-10-12-38-16-18/h8,10,12,16,20-21,23,27-28H,9,11,13-15H2,1-7H3. The number of hydrogen-bond acceptors (Lipinski definition) is 8. The summed E-state index contributed by atoms with van der Waals surface area (Å²) in [5.74, 6) is -2.32. The number of carbonyl (C=O) groups is 4. The highest BCUT2D eigenvalue weighted by Crippen LogP contribution is 2.68. The van der Waals surface area contributed by atoms with Gasteiger partial charge in [0.1, 0.15) is 18.0 Å². The lowest BCUT2D eigenvalue weighted by molar-refractivity contribution is -0.197. The van der Waals surface area contributed by atoms with Gasteiger partial charge in [0.15, 0.2) is 0 Å². The van der Waals surface area contributed by atoms with Crippen LogP contribution in [0.3, 0.4) is 0 Å². The van der Waals surface area contributed by atoms with Crippen molar-refractivity contribution in [3.05, 3.63) is 47.0 Å². The van der Waals surface area contributed by atoms with E-state index in [1.807, 2.05) is 26.8 Å². The van der Waals surface area contributed by atoms with E-state index >= 15 is 0 Å². The van der Waals surface area contributed by atoms with Crippen LogP contribution >= 0.6 is 0 Å². The van der Waals surface area contributed by atoms with E-state index in [1.54, 1.807) is 32.4 Å². The third kappa shape index (κ3) is 4.00. The second-order valence-electron chi connectivity index (χ2n) is 13.0. The van der Waals surface area contributed by atoms with Crippen LogP contribution in [0.1, 0.15) is 85.3 Å². The van der Waals surface area contributed by atoms with Crippen molar-refractivity contribution in [2.24, 2.45) is 34.0 Å². The zero-order valence-electron chi connectivity index (χ0n) is 24.5. The van der Waals surface area contributed by atoms with Gasteiger partial charge in [0.05, 0.1) is 32.0 Å². The van der Waals surface area contributed by atoms with Crippen LogP contribution in [0.2, 0.25) is 0 Å². The van der Waals surface area contributed by atoms with Crippen molar-refractivity contribution in [2.45, 2.75) is 85.9 Å². The maximum atomic E-state index is 14.5. The molecule has 2 bridgehead atoms. The first kappa shape index (κ1) is 28.4. The molecule has 0 radical (unpaired) electrons. The summed E-state index contributed by atoms with van der Waals surface area (Å²) in [5.41, 5.74) is 1.32. The highest BCUT2D eigenvalue weighted by Gasteiger charge is 2.68. The number of hydrogen-bond donors (Lipinski definition) is 0. The second-order valence-corrected chi connectivity index (χ2v) is 13.0. The molecule has 0 N–H and O–H groups in total. The van der Waals surface area contributed by atoms with Crippen molar-refractivity contribution in [3.63, 3.8) is 0 Å². The molecule has 216 valence electrons. The number of esters is 3. The van der Waals surface area contributed by atoms with E-state index in [0.717, 1.165) is 23.1 Å². The lowest BCUT2D eigenvalue weighted by Gasteiger charge is -2.63. The Morgan fingerprint density at radius 3 is 2.52 bits per heavy atom.